The summed E-state index contributed by atoms with van der Waals surface area (Å²) in [4.78, 5) is 14.7. The van der Waals surface area contributed by atoms with Crippen LogP contribution in [0.2, 0.25) is 5.02 Å². The van der Waals surface area contributed by atoms with Gasteiger partial charge >= 0.3 is 5.97 Å². The van der Waals surface area contributed by atoms with Gasteiger partial charge in [0.25, 0.3) is 0 Å². The Bertz CT molecular complexity index is 619. The molecule has 1 N–H and O–H groups in total. The summed E-state index contributed by atoms with van der Waals surface area (Å²) in [6.45, 7) is -0.104. The zero-order chi connectivity index (χ0) is 13.8. The first kappa shape index (κ1) is 13.3. The lowest BCUT2D eigenvalue weighted by Crippen LogP contribution is -2.08. The Morgan fingerprint density at radius 2 is 2.16 bits per heavy atom. The zero-order valence-corrected chi connectivity index (χ0v) is 10.4. The van der Waals surface area contributed by atoms with Gasteiger partial charge < -0.3 is 9.84 Å². The largest absolute Gasteiger partial charge is 0.486 e. The second kappa shape index (κ2) is 5.67. The summed E-state index contributed by atoms with van der Waals surface area (Å²) in [7, 11) is 0. The van der Waals surface area contributed by atoms with Crippen molar-refractivity contribution in [2.45, 2.75) is 6.61 Å². The first-order chi connectivity index (χ1) is 9.09. The topological polar surface area (TPSA) is 59.4 Å². The van der Waals surface area contributed by atoms with Crippen LogP contribution in [0.15, 0.2) is 36.5 Å². The van der Waals surface area contributed by atoms with Gasteiger partial charge in [-0.1, -0.05) is 23.7 Å². The third-order valence-electron chi connectivity index (χ3n) is 2.39. The molecule has 0 radical (unpaired) electrons. The Morgan fingerprint density at radius 3 is 2.89 bits per heavy atom. The summed E-state index contributed by atoms with van der Waals surface area (Å²) in [5.41, 5.74) is 0.235. The van der Waals surface area contributed by atoms with Crippen LogP contribution < -0.4 is 4.74 Å². The number of halogens is 2. The predicted molar refractivity (Wildman–Crippen MR) is 66.9 cm³/mol. The monoisotopic (exact) mass is 281 g/mol. The van der Waals surface area contributed by atoms with Crippen LogP contribution in [-0.4, -0.2) is 16.1 Å². The Kier molecular flexibility index (Phi) is 3.97. The Labute approximate surface area is 113 Å². The maximum atomic E-state index is 13.6. The molecule has 1 aromatic carbocycles. The van der Waals surface area contributed by atoms with Gasteiger partial charge in [0.15, 0.2) is 17.3 Å². The van der Waals surface area contributed by atoms with Gasteiger partial charge in [0.05, 0.1) is 5.02 Å². The predicted octanol–water partition coefficient (Wildman–Crippen LogP) is 3.15. The Hall–Kier alpha value is -2.14. The number of aromatic carboxylic acids is 1. The van der Waals surface area contributed by atoms with E-state index in [0.717, 1.165) is 0 Å². The van der Waals surface area contributed by atoms with Crippen LogP contribution in [0.4, 0.5) is 4.39 Å². The highest BCUT2D eigenvalue weighted by atomic mass is 35.5. The van der Waals surface area contributed by atoms with Crippen molar-refractivity contribution in [3.63, 3.8) is 0 Å². The highest BCUT2D eigenvalue weighted by Crippen LogP contribution is 2.25. The van der Waals surface area contributed by atoms with E-state index >= 15 is 0 Å². The van der Waals surface area contributed by atoms with Gasteiger partial charge in [-0.15, -0.1) is 0 Å². The summed E-state index contributed by atoms with van der Waals surface area (Å²) < 4.78 is 18.8. The molecule has 0 saturated heterocycles. The molecular formula is C13H9ClFNO3. The fourth-order valence-corrected chi connectivity index (χ4v) is 1.66. The molecule has 0 atom stereocenters. The van der Waals surface area contributed by atoms with Gasteiger partial charge in [0.1, 0.15) is 6.61 Å². The summed E-state index contributed by atoms with van der Waals surface area (Å²) in [5, 5.41) is 8.89. The molecule has 0 saturated carbocycles. The molecule has 0 aliphatic carbocycles. The average Bonchev–Trinajstić information content (AvgIpc) is 2.40. The molecule has 1 aromatic heterocycles. The van der Waals surface area contributed by atoms with Crippen molar-refractivity contribution in [1.82, 2.24) is 4.98 Å². The van der Waals surface area contributed by atoms with Crippen LogP contribution in [0.5, 0.6) is 5.75 Å². The molecule has 0 spiro atoms. The Balaban J connectivity index is 2.19. The number of carboxylic acid groups (broad SMARTS) is 1. The number of ether oxygens (including phenoxy) is 1. The second-order valence-corrected chi connectivity index (χ2v) is 4.06. The quantitative estimate of drug-likeness (QED) is 0.935. The molecule has 0 amide bonds. The highest BCUT2D eigenvalue weighted by molar-refractivity contribution is 6.30. The van der Waals surface area contributed by atoms with Crippen molar-refractivity contribution in [2.75, 3.05) is 0 Å². The molecule has 2 rings (SSSR count). The lowest BCUT2D eigenvalue weighted by Gasteiger charge is -2.09. The molecule has 1 heterocycles. The molecule has 0 unspecified atom stereocenters. The van der Waals surface area contributed by atoms with Gasteiger partial charge in [-0.25, -0.2) is 14.2 Å². The smallest absolute Gasteiger partial charge is 0.354 e. The number of carbonyl (C=O) groups is 1. The highest BCUT2D eigenvalue weighted by Gasteiger charge is 2.13. The van der Waals surface area contributed by atoms with E-state index in [4.69, 9.17) is 21.4 Å². The van der Waals surface area contributed by atoms with Crippen molar-refractivity contribution in [1.29, 1.82) is 0 Å². The minimum atomic E-state index is -1.16. The van der Waals surface area contributed by atoms with E-state index < -0.39 is 11.8 Å². The lowest BCUT2D eigenvalue weighted by atomic mass is 10.2. The third-order valence-corrected chi connectivity index (χ3v) is 2.69. The number of rotatable bonds is 4. The van der Waals surface area contributed by atoms with Gasteiger partial charge in [-0.3, -0.25) is 0 Å². The van der Waals surface area contributed by atoms with Crippen LogP contribution in [-0.2, 0) is 6.61 Å². The number of nitrogens with zero attached hydrogens (tertiary/aromatic N) is 1. The number of benzene rings is 1. The molecule has 19 heavy (non-hydrogen) atoms. The van der Waals surface area contributed by atoms with Crippen molar-refractivity contribution in [3.8, 4) is 5.75 Å². The average molecular weight is 282 g/mol. The summed E-state index contributed by atoms with van der Waals surface area (Å²) >= 11 is 5.62. The van der Waals surface area contributed by atoms with E-state index in [1.165, 1.54) is 18.3 Å². The fraction of sp³-hybridized carbons (Fsp3) is 0.0769. The second-order valence-electron chi connectivity index (χ2n) is 3.66. The maximum absolute atomic E-state index is 13.6. The fourth-order valence-electron chi connectivity index (χ4n) is 1.50. The van der Waals surface area contributed by atoms with E-state index in [1.807, 2.05) is 0 Å². The van der Waals surface area contributed by atoms with Crippen LogP contribution in [0, 0.1) is 5.82 Å². The number of hydrogen-bond donors (Lipinski definition) is 1. The van der Waals surface area contributed by atoms with E-state index in [9.17, 15) is 9.18 Å². The summed E-state index contributed by atoms with van der Waals surface area (Å²) in [6.07, 6.45) is 1.37. The van der Waals surface area contributed by atoms with E-state index in [1.54, 1.807) is 18.2 Å². The molecule has 2 aromatic rings. The number of carboxylic acids is 1. The van der Waals surface area contributed by atoms with E-state index in [0.29, 0.717) is 5.56 Å². The minimum absolute atomic E-state index is 0.0345. The zero-order valence-electron chi connectivity index (χ0n) is 9.64. The van der Waals surface area contributed by atoms with Gasteiger partial charge in [0.2, 0.25) is 0 Å². The van der Waals surface area contributed by atoms with Crippen molar-refractivity contribution < 1.29 is 19.0 Å². The van der Waals surface area contributed by atoms with E-state index in [2.05, 4.69) is 4.98 Å². The molecule has 0 fully saturated rings. The molecule has 4 nitrogen and oxygen atoms in total. The summed E-state index contributed by atoms with van der Waals surface area (Å²) in [5.74, 6) is -1.87. The molecule has 0 bridgehead atoms. The van der Waals surface area contributed by atoms with Gasteiger partial charge in [0, 0.05) is 11.8 Å². The molecule has 6 heteroatoms. The maximum Gasteiger partial charge on any atom is 0.354 e. The summed E-state index contributed by atoms with van der Waals surface area (Å²) in [6, 6.07) is 7.50. The van der Waals surface area contributed by atoms with Crippen LogP contribution in [0.25, 0.3) is 0 Å². The SMILES string of the molecule is O=C(O)c1ncccc1COc1cccc(Cl)c1F. The molecule has 0 aliphatic heterocycles. The van der Waals surface area contributed by atoms with Crippen LogP contribution in [0.1, 0.15) is 16.1 Å². The van der Waals surface area contributed by atoms with E-state index in [-0.39, 0.29) is 23.1 Å². The van der Waals surface area contributed by atoms with Crippen molar-refractivity contribution >= 4 is 17.6 Å². The van der Waals surface area contributed by atoms with Gasteiger partial charge in [-0.05, 0) is 18.2 Å². The minimum Gasteiger partial charge on any atom is -0.486 e. The Morgan fingerprint density at radius 1 is 1.37 bits per heavy atom. The number of aromatic nitrogens is 1. The first-order valence-electron chi connectivity index (χ1n) is 5.33. The number of pyridine rings is 1. The first-order valence-corrected chi connectivity index (χ1v) is 5.71. The van der Waals surface area contributed by atoms with Gasteiger partial charge in [-0.2, -0.15) is 0 Å². The van der Waals surface area contributed by atoms with Crippen LogP contribution >= 0.6 is 11.6 Å². The third kappa shape index (κ3) is 3.00. The standard InChI is InChI=1S/C13H9ClFNO3/c14-9-4-1-5-10(11(9)15)19-7-8-3-2-6-16-12(8)13(17)18/h1-6H,7H2,(H,17,18). The normalized spacial score (nSPS) is 10.2. The van der Waals surface area contributed by atoms with Crippen molar-refractivity contribution in [3.05, 3.63) is 58.6 Å². The van der Waals surface area contributed by atoms with Crippen LogP contribution in [0.3, 0.4) is 0 Å². The lowest BCUT2D eigenvalue weighted by molar-refractivity contribution is 0.0687. The molecular weight excluding hydrogens is 273 g/mol. The molecule has 0 aliphatic rings. The van der Waals surface area contributed by atoms with Crippen molar-refractivity contribution in [2.24, 2.45) is 0 Å². The molecule has 98 valence electrons. The number of hydrogen-bond acceptors (Lipinski definition) is 3.